The molecule has 2 N–H and O–H groups in total. The molecule has 0 spiro atoms. The molecule has 3 aromatic rings. The van der Waals surface area contributed by atoms with Gasteiger partial charge in [0.05, 0.1) is 0 Å². The zero-order valence-electron chi connectivity index (χ0n) is 13.6. The summed E-state index contributed by atoms with van der Waals surface area (Å²) in [6, 6.07) is 14.7. The minimum atomic E-state index is -0.673. The minimum Gasteiger partial charge on any atom is -0.461 e. The second-order valence-corrected chi connectivity index (χ2v) is 5.39. The van der Waals surface area contributed by atoms with Crippen LogP contribution in [0.15, 0.2) is 54.7 Å². The summed E-state index contributed by atoms with van der Waals surface area (Å²) in [6.07, 6.45) is 1.55. The van der Waals surface area contributed by atoms with Crippen LogP contribution in [0, 0.1) is 0 Å². The third kappa shape index (κ3) is 3.74. The van der Waals surface area contributed by atoms with Crippen LogP contribution < -0.4 is 10.5 Å². The van der Waals surface area contributed by atoms with Crippen molar-refractivity contribution in [2.24, 2.45) is 5.73 Å². The monoisotopic (exact) mass is 336 g/mol. The standard InChI is InChI=1S/C19H16N2O4/c1-12(22)24-11-17-16-8-7-15(25-14-5-3-2-4-6-14)9-13(16)10-21-18(17)19(20)23/h2-10H,11H2,1H3,(H2,20,23). The number of rotatable bonds is 5. The lowest BCUT2D eigenvalue weighted by atomic mass is 10.0. The summed E-state index contributed by atoms with van der Waals surface area (Å²) in [5, 5.41) is 1.48. The summed E-state index contributed by atoms with van der Waals surface area (Å²) in [7, 11) is 0. The van der Waals surface area contributed by atoms with Crippen molar-refractivity contribution in [3.05, 3.63) is 66.0 Å². The van der Waals surface area contributed by atoms with E-state index in [1.165, 1.54) is 6.92 Å². The molecule has 0 radical (unpaired) electrons. The first-order chi connectivity index (χ1) is 12.0. The van der Waals surface area contributed by atoms with Crippen molar-refractivity contribution in [2.45, 2.75) is 13.5 Å². The van der Waals surface area contributed by atoms with Crippen LogP contribution in [0.2, 0.25) is 0 Å². The van der Waals surface area contributed by atoms with Gasteiger partial charge in [-0.05, 0) is 29.7 Å². The molecule has 0 fully saturated rings. The molecule has 2 aromatic carbocycles. The van der Waals surface area contributed by atoms with Crippen molar-refractivity contribution in [3.8, 4) is 11.5 Å². The second-order valence-electron chi connectivity index (χ2n) is 5.39. The van der Waals surface area contributed by atoms with Gasteiger partial charge in [0, 0.05) is 24.1 Å². The highest BCUT2D eigenvalue weighted by atomic mass is 16.5. The van der Waals surface area contributed by atoms with E-state index >= 15 is 0 Å². The number of primary amides is 1. The number of amides is 1. The summed E-state index contributed by atoms with van der Waals surface area (Å²) in [5.41, 5.74) is 5.94. The fourth-order valence-electron chi connectivity index (χ4n) is 2.48. The second kappa shape index (κ2) is 7.00. The molecule has 0 aliphatic rings. The Bertz CT molecular complexity index is 939. The first-order valence-corrected chi connectivity index (χ1v) is 7.62. The number of esters is 1. The van der Waals surface area contributed by atoms with Crippen molar-refractivity contribution in [2.75, 3.05) is 0 Å². The molecule has 0 saturated carbocycles. The first kappa shape index (κ1) is 16.4. The Labute approximate surface area is 144 Å². The van der Waals surface area contributed by atoms with Gasteiger partial charge in [0.1, 0.15) is 23.8 Å². The van der Waals surface area contributed by atoms with Gasteiger partial charge in [0.15, 0.2) is 0 Å². The van der Waals surface area contributed by atoms with Gasteiger partial charge in [-0.2, -0.15) is 0 Å². The molecular formula is C19H16N2O4. The summed E-state index contributed by atoms with van der Waals surface area (Å²) < 4.78 is 10.8. The topological polar surface area (TPSA) is 91.5 Å². The summed E-state index contributed by atoms with van der Waals surface area (Å²) in [4.78, 5) is 26.8. The smallest absolute Gasteiger partial charge is 0.302 e. The fraction of sp³-hybridized carbons (Fsp3) is 0.105. The molecule has 1 aromatic heterocycles. The van der Waals surface area contributed by atoms with Crippen molar-refractivity contribution in [3.63, 3.8) is 0 Å². The van der Waals surface area contributed by atoms with Crippen LogP contribution in [0.3, 0.4) is 0 Å². The number of carbonyl (C=O) groups is 2. The van der Waals surface area contributed by atoms with E-state index in [0.29, 0.717) is 17.1 Å². The Hall–Kier alpha value is -3.41. The fourth-order valence-corrected chi connectivity index (χ4v) is 2.48. The van der Waals surface area contributed by atoms with Crippen LogP contribution in [-0.4, -0.2) is 16.9 Å². The third-order valence-electron chi connectivity index (χ3n) is 3.60. The first-order valence-electron chi connectivity index (χ1n) is 7.62. The molecule has 126 valence electrons. The van der Waals surface area contributed by atoms with Gasteiger partial charge in [-0.1, -0.05) is 24.3 Å². The zero-order valence-corrected chi connectivity index (χ0v) is 13.6. The van der Waals surface area contributed by atoms with Gasteiger partial charge < -0.3 is 15.2 Å². The molecule has 25 heavy (non-hydrogen) atoms. The average molecular weight is 336 g/mol. The molecule has 1 heterocycles. The molecule has 6 nitrogen and oxygen atoms in total. The van der Waals surface area contributed by atoms with E-state index in [1.54, 1.807) is 24.4 Å². The van der Waals surface area contributed by atoms with E-state index < -0.39 is 11.9 Å². The zero-order chi connectivity index (χ0) is 17.8. The number of para-hydroxylation sites is 1. The molecule has 0 bridgehead atoms. The van der Waals surface area contributed by atoms with Gasteiger partial charge in [-0.3, -0.25) is 9.59 Å². The SMILES string of the molecule is CC(=O)OCc1c(C(N)=O)ncc2cc(Oc3ccccc3)ccc12. The number of ether oxygens (including phenoxy) is 2. The third-order valence-corrected chi connectivity index (χ3v) is 3.60. The Morgan fingerprint density at radius 1 is 1.08 bits per heavy atom. The van der Waals surface area contributed by atoms with E-state index in [-0.39, 0.29) is 12.3 Å². The van der Waals surface area contributed by atoms with E-state index in [4.69, 9.17) is 15.2 Å². The lowest BCUT2D eigenvalue weighted by molar-refractivity contribution is -0.142. The normalized spacial score (nSPS) is 10.4. The van der Waals surface area contributed by atoms with Crippen LogP contribution in [0.5, 0.6) is 11.5 Å². The van der Waals surface area contributed by atoms with E-state index in [2.05, 4.69) is 4.98 Å². The molecule has 6 heteroatoms. The largest absolute Gasteiger partial charge is 0.461 e. The van der Waals surface area contributed by atoms with E-state index in [1.807, 2.05) is 30.3 Å². The Morgan fingerprint density at radius 3 is 2.52 bits per heavy atom. The van der Waals surface area contributed by atoms with Crippen LogP contribution in [0.4, 0.5) is 0 Å². The molecule has 1 amide bonds. The van der Waals surface area contributed by atoms with Crippen LogP contribution in [0.1, 0.15) is 23.0 Å². The number of hydrogen-bond donors (Lipinski definition) is 1. The molecule has 0 aliphatic carbocycles. The lowest BCUT2D eigenvalue weighted by Crippen LogP contribution is -2.17. The highest BCUT2D eigenvalue weighted by Crippen LogP contribution is 2.28. The predicted molar refractivity (Wildman–Crippen MR) is 92.2 cm³/mol. The van der Waals surface area contributed by atoms with Gasteiger partial charge in [-0.15, -0.1) is 0 Å². The van der Waals surface area contributed by atoms with Gasteiger partial charge in [-0.25, -0.2) is 4.98 Å². The number of hydrogen-bond acceptors (Lipinski definition) is 5. The van der Waals surface area contributed by atoms with Crippen molar-refractivity contribution >= 4 is 22.6 Å². The van der Waals surface area contributed by atoms with Crippen LogP contribution in [0.25, 0.3) is 10.8 Å². The van der Waals surface area contributed by atoms with Crippen LogP contribution in [-0.2, 0) is 16.1 Å². The molecular weight excluding hydrogens is 320 g/mol. The number of benzene rings is 2. The van der Waals surface area contributed by atoms with Gasteiger partial charge >= 0.3 is 5.97 Å². The molecule has 0 saturated heterocycles. The maximum atomic E-state index is 11.6. The summed E-state index contributed by atoms with van der Waals surface area (Å²) in [6.45, 7) is 1.23. The number of nitrogens with two attached hydrogens (primary N) is 1. The molecule has 3 rings (SSSR count). The number of fused-ring (bicyclic) bond motifs is 1. The predicted octanol–water partition coefficient (Wildman–Crippen LogP) is 3.19. The lowest BCUT2D eigenvalue weighted by Gasteiger charge is -2.12. The van der Waals surface area contributed by atoms with Crippen molar-refractivity contribution in [1.82, 2.24) is 4.98 Å². The van der Waals surface area contributed by atoms with E-state index in [0.717, 1.165) is 10.8 Å². The molecule has 0 aliphatic heterocycles. The van der Waals surface area contributed by atoms with Crippen molar-refractivity contribution < 1.29 is 19.1 Å². The Kier molecular flexibility index (Phi) is 4.61. The number of nitrogens with zero attached hydrogens (tertiary/aromatic N) is 1. The number of carbonyl (C=O) groups excluding carboxylic acids is 2. The molecule has 0 unspecified atom stereocenters. The average Bonchev–Trinajstić information content (AvgIpc) is 2.60. The maximum Gasteiger partial charge on any atom is 0.302 e. The molecule has 0 atom stereocenters. The highest BCUT2D eigenvalue weighted by molar-refractivity contribution is 5.98. The van der Waals surface area contributed by atoms with Gasteiger partial charge in [0.25, 0.3) is 5.91 Å². The number of aromatic nitrogens is 1. The van der Waals surface area contributed by atoms with E-state index in [9.17, 15) is 9.59 Å². The van der Waals surface area contributed by atoms with Gasteiger partial charge in [0.2, 0.25) is 0 Å². The van der Waals surface area contributed by atoms with Crippen LogP contribution >= 0.6 is 0 Å². The summed E-state index contributed by atoms with van der Waals surface area (Å²) in [5.74, 6) is 0.222. The Morgan fingerprint density at radius 2 is 1.84 bits per heavy atom. The quantitative estimate of drug-likeness (QED) is 0.723. The number of pyridine rings is 1. The minimum absolute atomic E-state index is 0.0726. The summed E-state index contributed by atoms with van der Waals surface area (Å²) >= 11 is 0. The Balaban J connectivity index is 2.01. The van der Waals surface area contributed by atoms with Crippen molar-refractivity contribution in [1.29, 1.82) is 0 Å². The maximum absolute atomic E-state index is 11.6. The highest BCUT2D eigenvalue weighted by Gasteiger charge is 2.15.